The quantitative estimate of drug-likeness (QED) is 0.724. The maximum Gasteiger partial charge on any atom is 0.418 e. The molecule has 2 rings (SSSR count). The summed E-state index contributed by atoms with van der Waals surface area (Å²) in [5.41, 5.74) is -0.325. The van der Waals surface area contributed by atoms with E-state index in [4.69, 9.17) is 0 Å². The number of halogens is 3. The topological polar surface area (TPSA) is 30.0 Å². The van der Waals surface area contributed by atoms with Crippen LogP contribution in [0.4, 0.5) is 13.2 Å². The Balaban J connectivity index is 2.90. The first-order chi connectivity index (χ1) is 8.30. The number of para-hydroxylation sites is 1. The Labute approximate surface area is 101 Å². The van der Waals surface area contributed by atoms with E-state index in [0.29, 0.717) is 5.69 Å². The van der Waals surface area contributed by atoms with Gasteiger partial charge in [-0.3, -0.25) is 9.78 Å². The van der Waals surface area contributed by atoms with Gasteiger partial charge in [-0.05, 0) is 26.0 Å². The fourth-order valence-corrected chi connectivity index (χ4v) is 1.90. The van der Waals surface area contributed by atoms with E-state index < -0.39 is 11.7 Å². The Hall–Kier alpha value is -1.91. The van der Waals surface area contributed by atoms with E-state index in [1.165, 1.54) is 25.1 Å². The third-order valence-electron chi connectivity index (χ3n) is 2.65. The van der Waals surface area contributed by atoms with Crippen molar-refractivity contribution < 1.29 is 18.0 Å². The zero-order chi connectivity index (χ0) is 13.5. The molecule has 0 bridgehead atoms. The molecule has 1 aromatic carbocycles. The molecule has 0 radical (unpaired) electrons. The van der Waals surface area contributed by atoms with E-state index in [1.54, 1.807) is 6.92 Å². The van der Waals surface area contributed by atoms with Crippen LogP contribution in [0.15, 0.2) is 24.3 Å². The van der Waals surface area contributed by atoms with Crippen molar-refractivity contribution in [2.45, 2.75) is 20.0 Å². The Kier molecular flexibility index (Phi) is 2.84. The lowest BCUT2D eigenvalue weighted by Crippen LogP contribution is -2.08. The fourth-order valence-electron chi connectivity index (χ4n) is 1.90. The standard InChI is InChI=1S/C13H10F3NO/c1-7-6-10(8(2)18)9-4-3-5-11(12(9)17-7)13(14,15)16/h3-6H,1-2H3. The first-order valence-electron chi connectivity index (χ1n) is 5.29. The van der Waals surface area contributed by atoms with E-state index >= 15 is 0 Å². The monoisotopic (exact) mass is 253 g/mol. The lowest BCUT2D eigenvalue weighted by Gasteiger charge is -2.12. The van der Waals surface area contributed by atoms with Gasteiger partial charge in [-0.15, -0.1) is 0 Å². The van der Waals surface area contributed by atoms with E-state index in [1.807, 2.05) is 0 Å². The average Bonchev–Trinajstić information content (AvgIpc) is 2.25. The molecule has 18 heavy (non-hydrogen) atoms. The predicted octanol–water partition coefficient (Wildman–Crippen LogP) is 3.76. The van der Waals surface area contributed by atoms with Gasteiger partial charge < -0.3 is 0 Å². The first kappa shape index (κ1) is 12.5. The highest BCUT2D eigenvalue weighted by molar-refractivity contribution is 6.06. The molecule has 5 heteroatoms. The number of hydrogen-bond acceptors (Lipinski definition) is 2. The first-order valence-corrected chi connectivity index (χ1v) is 5.29. The zero-order valence-corrected chi connectivity index (χ0v) is 9.80. The lowest BCUT2D eigenvalue weighted by molar-refractivity contribution is -0.136. The highest BCUT2D eigenvalue weighted by Gasteiger charge is 2.33. The number of benzene rings is 1. The molecule has 0 unspecified atom stereocenters. The highest BCUT2D eigenvalue weighted by atomic mass is 19.4. The Morgan fingerprint density at radius 2 is 1.94 bits per heavy atom. The van der Waals surface area contributed by atoms with Gasteiger partial charge in [0, 0.05) is 16.6 Å². The van der Waals surface area contributed by atoms with Gasteiger partial charge >= 0.3 is 6.18 Å². The number of ketones is 1. The molecule has 2 nitrogen and oxygen atoms in total. The van der Waals surface area contributed by atoms with Crippen molar-refractivity contribution in [2.75, 3.05) is 0 Å². The van der Waals surface area contributed by atoms with Gasteiger partial charge in [0.1, 0.15) is 0 Å². The second kappa shape index (κ2) is 4.08. The SMILES string of the molecule is CC(=O)c1cc(C)nc2c(C(F)(F)F)cccc12. The van der Waals surface area contributed by atoms with Crippen molar-refractivity contribution in [2.24, 2.45) is 0 Å². The Bertz CT molecular complexity index is 632. The van der Waals surface area contributed by atoms with Gasteiger partial charge in [-0.25, -0.2) is 0 Å². The van der Waals surface area contributed by atoms with Crippen LogP contribution in [0.3, 0.4) is 0 Å². The van der Waals surface area contributed by atoms with E-state index in [9.17, 15) is 18.0 Å². The fraction of sp³-hybridized carbons (Fsp3) is 0.231. The molecule has 0 fully saturated rings. The second-order valence-corrected chi connectivity index (χ2v) is 4.07. The lowest BCUT2D eigenvalue weighted by atomic mass is 10.0. The second-order valence-electron chi connectivity index (χ2n) is 4.07. The van der Waals surface area contributed by atoms with Gasteiger partial charge in [0.15, 0.2) is 5.78 Å². The molecular weight excluding hydrogens is 243 g/mol. The summed E-state index contributed by atoms with van der Waals surface area (Å²) < 4.78 is 38.6. The molecular formula is C13H10F3NO. The van der Waals surface area contributed by atoms with Crippen LogP contribution in [0.25, 0.3) is 10.9 Å². The molecule has 0 atom stereocenters. The van der Waals surface area contributed by atoms with Gasteiger partial charge in [-0.1, -0.05) is 12.1 Å². The number of carbonyl (C=O) groups is 1. The number of fused-ring (bicyclic) bond motifs is 1. The van der Waals surface area contributed by atoms with Crippen molar-refractivity contribution in [3.8, 4) is 0 Å². The minimum Gasteiger partial charge on any atom is -0.294 e. The van der Waals surface area contributed by atoms with Crippen molar-refractivity contribution >= 4 is 16.7 Å². The van der Waals surface area contributed by atoms with Crippen LogP contribution in [-0.2, 0) is 6.18 Å². The largest absolute Gasteiger partial charge is 0.418 e. The summed E-state index contributed by atoms with van der Waals surface area (Å²) >= 11 is 0. The van der Waals surface area contributed by atoms with Crippen LogP contribution < -0.4 is 0 Å². The smallest absolute Gasteiger partial charge is 0.294 e. The minimum absolute atomic E-state index is 0.171. The molecule has 0 aliphatic rings. The van der Waals surface area contributed by atoms with Gasteiger partial charge in [0.05, 0.1) is 11.1 Å². The molecule has 0 amide bonds. The highest BCUT2D eigenvalue weighted by Crippen LogP contribution is 2.34. The molecule has 0 aliphatic heterocycles. The zero-order valence-electron chi connectivity index (χ0n) is 9.80. The number of alkyl halides is 3. The van der Waals surface area contributed by atoms with Gasteiger partial charge in [0.2, 0.25) is 0 Å². The maximum absolute atomic E-state index is 12.9. The van der Waals surface area contributed by atoms with E-state index in [-0.39, 0.29) is 22.2 Å². The van der Waals surface area contributed by atoms with Crippen LogP contribution in [0, 0.1) is 6.92 Å². The van der Waals surface area contributed by atoms with Crippen LogP contribution in [0.1, 0.15) is 28.5 Å². The van der Waals surface area contributed by atoms with Crippen molar-refractivity contribution in [1.82, 2.24) is 4.98 Å². The number of hydrogen-bond donors (Lipinski definition) is 0. The Morgan fingerprint density at radius 3 is 2.50 bits per heavy atom. The average molecular weight is 253 g/mol. The molecule has 1 aromatic heterocycles. The molecule has 94 valence electrons. The van der Waals surface area contributed by atoms with Crippen molar-refractivity contribution in [3.63, 3.8) is 0 Å². The molecule has 0 saturated heterocycles. The normalized spacial score (nSPS) is 11.8. The number of Topliss-reactive ketones (excluding diaryl/α,β-unsaturated/α-hetero) is 1. The summed E-state index contributed by atoms with van der Waals surface area (Å²) in [5.74, 6) is -0.273. The van der Waals surface area contributed by atoms with Crippen LogP contribution in [-0.4, -0.2) is 10.8 Å². The van der Waals surface area contributed by atoms with Crippen LogP contribution in [0.2, 0.25) is 0 Å². The number of pyridine rings is 1. The molecule has 0 spiro atoms. The van der Waals surface area contributed by atoms with Crippen LogP contribution in [0.5, 0.6) is 0 Å². The summed E-state index contributed by atoms with van der Waals surface area (Å²) in [6.45, 7) is 2.90. The van der Waals surface area contributed by atoms with E-state index in [0.717, 1.165) is 6.07 Å². The van der Waals surface area contributed by atoms with Crippen LogP contribution >= 0.6 is 0 Å². The molecule has 0 N–H and O–H groups in total. The Morgan fingerprint density at radius 1 is 1.28 bits per heavy atom. The van der Waals surface area contributed by atoms with Gasteiger partial charge in [-0.2, -0.15) is 13.2 Å². The summed E-state index contributed by atoms with van der Waals surface area (Å²) in [6.07, 6.45) is -4.48. The third kappa shape index (κ3) is 2.08. The summed E-state index contributed by atoms with van der Waals surface area (Å²) in [6, 6.07) is 5.24. The number of carbonyl (C=O) groups excluding carboxylic acids is 1. The number of rotatable bonds is 1. The van der Waals surface area contributed by atoms with E-state index in [2.05, 4.69) is 4.98 Å². The summed E-state index contributed by atoms with van der Waals surface area (Å²) in [7, 11) is 0. The van der Waals surface area contributed by atoms with Gasteiger partial charge in [0.25, 0.3) is 0 Å². The molecule has 0 saturated carbocycles. The summed E-state index contributed by atoms with van der Waals surface area (Å²) in [4.78, 5) is 15.4. The maximum atomic E-state index is 12.9. The molecule has 2 aromatic rings. The number of aryl methyl sites for hydroxylation is 1. The molecule has 0 aliphatic carbocycles. The summed E-state index contributed by atoms with van der Waals surface area (Å²) in [5, 5.41) is 0.239. The third-order valence-corrected chi connectivity index (χ3v) is 2.65. The van der Waals surface area contributed by atoms with Crippen molar-refractivity contribution in [1.29, 1.82) is 0 Å². The number of aromatic nitrogens is 1. The predicted molar refractivity (Wildman–Crippen MR) is 61.5 cm³/mol. The number of nitrogens with zero attached hydrogens (tertiary/aromatic N) is 1. The minimum atomic E-state index is -4.48. The molecule has 1 heterocycles. The van der Waals surface area contributed by atoms with Crippen molar-refractivity contribution in [3.05, 3.63) is 41.1 Å².